The van der Waals surface area contributed by atoms with Crippen molar-refractivity contribution in [2.75, 3.05) is 18.9 Å². The molecule has 2 amide bonds. The van der Waals surface area contributed by atoms with Gasteiger partial charge in [-0.15, -0.1) is 10.2 Å². The quantitative estimate of drug-likeness (QED) is 0.703. The lowest BCUT2D eigenvalue weighted by Crippen LogP contribution is -2.37. The Morgan fingerprint density at radius 3 is 2.64 bits per heavy atom. The molecule has 0 unspecified atom stereocenters. The van der Waals surface area contributed by atoms with E-state index in [-0.39, 0.29) is 30.7 Å². The summed E-state index contributed by atoms with van der Waals surface area (Å²) in [7, 11) is 1.52. The van der Waals surface area contributed by atoms with Gasteiger partial charge in [0.15, 0.2) is 0 Å². The second-order valence-electron chi connectivity index (χ2n) is 6.32. The van der Waals surface area contributed by atoms with Crippen LogP contribution in [0.2, 0.25) is 0 Å². The summed E-state index contributed by atoms with van der Waals surface area (Å²) >= 11 is 0. The van der Waals surface area contributed by atoms with Crippen molar-refractivity contribution in [2.45, 2.75) is 13.5 Å². The molecular formula is C19H19FN6O2. The van der Waals surface area contributed by atoms with Crippen LogP contribution in [0.25, 0.3) is 11.4 Å². The molecule has 28 heavy (non-hydrogen) atoms. The van der Waals surface area contributed by atoms with Gasteiger partial charge in [-0.2, -0.15) is 4.80 Å². The van der Waals surface area contributed by atoms with Crippen LogP contribution < -0.4 is 5.32 Å². The van der Waals surface area contributed by atoms with Gasteiger partial charge in [0.1, 0.15) is 12.4 Å². The summed E-state index contributed by atoms with van der Waals surface area (Å²) < 4.78 is 13.3. The molecule has 0 saturated carbocycles. The van der Waals surface area contributed by atoms with Crippen molar-refractivity contribution in [2.24, 2.45) is 0 Å². The number of tetrazole rings is 1. The second kappa shape index (κ2) is 8.38. The van der Waals surface area contributed by atoms with Crippen LogP contribution in [-0.4, -0.2) is 50.5 Å². The van der Waals surface area contributed by atoms with E-state index in [1.54, 1.807) is 18.2 Å². The summed E-state index contributed by atoms with van der Waals surface area (Å²) in [5, 5.41) is 14.4. The summed E-state index contributed by atoms with van der Waals surface area (Å²) in [5.74, 6) is -0.870. The van der Waals surface area contributed by atoms with E-state index >= 15 is 0 Å². The Labute approximate surface area is 161 Å². The molecule has 0 aliphatic carbocycles. The molecule has 1 aromatic heterocycles. The molecule has 1 N–H and O–H groups in total. The maximum atomic E-state index is 13.3. The minimum Gasteiger partial charge on any atom is -0.335 e. The maximum Gasteiger partial charge on any atom is 0.246 e. The van der Waals surface area contributed by atoms with Crippen molar-refractivity contribution in [3.8, 4) is 11.4 Å². The first-order valence-electron chi connectivity index (χ1n) is 8.55. The Morgan fingerprint density at radius 2 is 1.93 bits per heavy atom. The number of anilines is 1. The summed E-state index contributed by atoms with van der Waals surface area (Å²) in [6.45, 7) is 1.66. The Bertz CT molecular complexity index is 986. The van der Waals surface area contributed by atoms with Crippen LogP contribution in [0.4, 0.5) is 10.1 Å². The highest BCUT2D eigenvalue weighted by Crippen LogP contribution is 2.14. The van der Waals surface area contributed by atoms with E-state index in [4.69, 9.17) is 0 Å². The molecule has 144 valence electrons. The highest BCUT2D eigenvalue weighted by Gasteiger charge is 2.16. The van der Waals surface area contributed by atoms with Crippen LogP contribution >= 0.6 is 0 Å². The number of hydrogen-bond acceptors (Lipinski definition) is 5. The molecule has 0 spiro atoms. The second-order valence-corrected chi connectivity index (χ2v) is 6.32. The standard InChI is InChI=1S/C19H19FN6O2/c1-13-6-8-16(9-7-13)21-17(27)11-25(2)18(28)12-26-23-19(22-24-26)14-4-3-5-15(20)10-14/h3-10H,11-12H2,1-2H3,(H,21,27). The number of aromatic nitrogens is 4. The molecule has 0 aliphatic rings. The van der Waals surface area contributed by atoms with E-state index in [1.165, 1.54) is 30.1 Å². The molecule has 0 bridgehead atoms. The number of carbonyl (C=O) groups excluding carboxylic acids is 2. The summed E-state index contributed by atoms with van der Waals surface area (Å²) in [6.07, 6.45) is 0. The highest BCUT2D eigenvalue weighted by molar-refractivity contribution is 5.94. The molecule has 1 heterocycles. The molecule has 3 aromatic rings. The fourth-order valence-electron chi connectivity index (χ4n) is 2.44. The zero-order chi connectivity index (χ0) is 20.1. The van der Waals surface area contributed by atoms with E-state index in [9.17, 15) is 14.0 Å². The molecule has 9 heteroatoms. The van der Waals surface area contributed by atoms with Gasteiger partial charge in [0.25, 0.3) is 0 Å². The van der Waals surface area contributed by atoms with E-state index in [0.717, 1.165) is 10.4 Å². The highest BCUT2D eigenvalue weighted by atomic mass is 19.1. The molecule has 0 aliphatic heterocycles. The molecule has 8 nitrogen and oxygen atoms in total. The lowest BCUT2D eigenvalue weighted by atomic mass is 10.2. The average Bonchev–Trinajstić information content (AvgIpc) is 3.12. The normalized spacial score (nSPS) is 10.5. The van der Waals surface area contributed by atoms with Gasteiger partial charge in [-0.25, -0.2) is 4.39 Å². The van der Waals surface area contributed by atoms with Gasteiger partial charge < -0.3 is 10.2 Å². The number of amides is 2. The van der Waals surface area contributed by atoms with Crippen molar-refractivity contribution in [3.63, 3.8) is 0 Å². The number of benzene rings is 2. The van der Waals surface area contributed by atoms with E-state index in [2.05, 4.69) is 20.7 Å². The van der Waals surface area contributed by atoms with Gasteiger partial charge in [0.2, 0.25) is 17.6 Å². The van der Waals surface area contributed by atoms with E-state index in [1.807, 2.05) is 19.1 Å². The number of rotatable bonds is 6. The molecule has 0 atom stereocenters. The van der Waals surface area contributed by atoms with Crippen LogP contribution in [0.1, 0.15) is 5.56 Å². The van der Waals surface area contributed by atoms with Crippen molar-refractivity contribution in [1.82, 2.24) is 25.1 Å². The molecule has 2 aromatic carbocycles. The first-order valence-corrected chi connectivity index (χ1v) is 8.55. The fourth-order valence-corrected chi connectivity index (χ4v) is 2.44. The SMILES string of the molecule is Cc1ccc(NC(=O)CN(C)C(=O)Cn2nnc(-c3cccc(F)c3)n2)cc1. The van der Waals surface area contributed by atoms with Crippen LogP contribution in [0.3, 0.4) is 0 Å². The Kier molecular flexibility index (Phi) is 5.73. The lowest BCUT2D eigenvalue weighted by molar-refractivity contribution is -0.134. The van der Waals surface area contributed by atoms with Gasteiger partial charge >= 0.3 is 0 Å². The predicted octanol–water partition coefficient (Wildman–Crippen LogP) is 1.88. The third-order valence-electron chi connectivity index (χ3n) is 3.95. The number of carbonyl (C=O) groups is 2. The Morgan fingerprint density at radius 1 is 1.18 bits per heavy atom. The molecule has 0 radical (unpaired) electrons. The third-order valence-corrected chi connectivity index (χ3v) is 3.95. The summed E-state index contributed by atoms with van der Waals surface area (Å²) in [4.78, 5) is 26.8. The zero-order valence-corrected chi connectivity index (χ0v) is 15.5. The average molecular weight is 382 g/mol. The number of nitrogens with one attached hydrogen (secondary N) is 1. The predicted molar refractivity (Wildman–Crippen MR) is 101 cm³/mol. The summed E-state index contributed by atoms with van der Waals surface area (Å²) in [5.41, 5.74) is 2.21. The monoisotopic (exact) mass is 382 g/mol. The number of likely N-dealkylation sites (N-methyl/N-ethyl adjacent to an activating group) is 1. The maximum absolute atomic E-state index is 13.3. The molecule has 0 fully saturated rings. The first-order chi connectivity index (χ1) is 13.4. The lowest BCUT2D eigenvalue weighted by Gasteiger charge is -2.16. The van der Waals surface area contributed by atoms with Crippen molar-refractivity contribution in [1.29, 1.82) is 0 Å². The molecular weight excluding hydrogens is 363 g/mol. The van der Waals surface area contributed by atoms with E-state index < -0.39 is 5.82 Å². The Hall–Kier alpha value is -3.62. The largest absolute Gasteiger partial charge is 0.335 e. The van der Waals surface area contributed by atoms with Gasteiger partial charge in [-0.1, -0.05) is 29.8 Å². The molecule has 3 rings (SSSR count). The van der Waals surface area contributed by atoms with Crippen LogP contribution in [0.5, 0.6) is 0 Å². The van der Waals surface area contributed by atoms with Gasteiger partial charge in [-0.3, -0.25) is 9.59 Å². The topological polar surface area (TPSA) is 93.0 Å². The minimum absolute atomic E-state index is 0.113. The van der Waals surface area contributed by atoms with Crippen LogP contribution in [0.15, 0.2) is 48.5 Å². The van der Waals surface area contributed by atoms with Crippen molar-refractivity contribution >= 4 is 17.5 Å². The molecule has 0 saturated heterocycles. The smallest absolute Gasteiger partial charge is 0.246 e. The number of aryl methyl sites for hydroxylation is 1. The van der Waals surface area contributed by atoms with Crippen molar-refractivity contribution in [3.05, 3.63) is 59.9 Å². The Balaban J connectivity index is 1.55. The van der Waals surface area contributed by atoms with Crippen LogP contribution in [-0.2, 0) is 16.1 Å². The van der Waals surface area contributed by atoms with E-state index in [0.29, 0.717) is 11.3 Å². The van der Waals surface area contributed by atoms with Gasteiger partial charge in [-0.05, 0) is 36.4 Å². The number of nitrogens with zero attached hydrogens (tertiary/aromatic N) is 5. The number of halogens is 1. The van der Waals surface area contributed by atoms with Gasteiger partial charge in [0.05, 0.1) is 6.54 Å². The minimum atomic E-state index is -0.413. The van der Waals surface area contributed by atoms with Crippen molar-refractivity contribution < 1.29 is 14.0 Å². The van der Waals surface area contributed by atoms with Crippen LogP contribution in [0, 0.1) is 12.7 Å². The number of hydrogen-bond donors (Lipinski definition) is 1. The van der Waals surface area contributed by atoms with Gasteiger partial charge in [0, 0.05) is 18.3 Å². The first kappa shape index (κ1) is 19.2. The zero-order valence-electron chi connectivity index (χ0n) is 15.5. The summed E-state index contributed by atoms with van der Waals surface area (Å²) in [6, 6.07) is 13.1. The fraction of sp³-hybridized carbons (Fsp3) is 0.211. The third kappa shape index (κ3) is 4.97.